The van der Waals surface area contributed by atoms with E-state index < -0.39 is 24.4 Å². The molecule has 9 nitrogen and oxygen atoms in total. The molecule has 154 valence electrons. The Labute approximate surface area is 159 Å². The van der Waals surface area contributed by atoms with E-state index in [1.807, 2.05) is 0 Å². The Kier molecular flexibility index (Phi) is 11.3. The van der Waals surface area contributed by atoms with Crippen LogP contribution in [-0.4, -0.2) is 37.5 Å². The first kappa shape index (κ1) is 23.1. The van der Waals surface area contributed by atoms with Crippen LogP contribution in [0.5, 0.6) is 0 Å². The largest absolute Gasteiger partial charge is 0.442 e. The molecule has 0 amide bonds. The van der Waals surface area contributed by atoms with Gasteiger partial charge < -0.3 is 25.4 Å². The Morgan fingerprint density at radius 3 is 1.56 bits per heavy atom. The molecule has 1 aromatic rings. The lowest BCUT2D eigenvalue weighted by Crippen LogP contribution is -2.27. The van der Waals surface area contributed by atoms with E-state index >= 15 is 0 Å². The summed E-state index contributed by atoms with van der Waals surface area (Å²) in [5, 5.41) is 0. The lowest BCUT2D eigenvalue weighted by Gasteiger charge is -2.12. The quantitative estimate of drug-likeness (QED) is 0.209. The highest BCUT2D eigenvalue weighted by Gasteiger charge is 2.21. The maximum atomic E-state index is 12.0. The maximum absolute atomic E-state index is 12.0. The monoisotopic (exact) mass is 384 g/mol. The van der Waals surface area contributed by atoms with Gasteiger partial charge in [0.05, 0.1) is 0 Å². The lowest BCUT2D eigenvalue weighted by molar-refractivity contribution is 0.0223. The summed E-state index contributed by atoms with van der Waals surface area (Å²) < 4.78 is 15.4. The van der Waals surface area contributed by atoms with Crippen LogP contribution in [0.1, 0.15) is 72.5 Å². The van der Waals surface area contributed by atoms with Crippen LogP contribution in [0.2, 0.25) is 0 Å². The van der Waals surface area contributed by atoms with Crippen LogP contribution in [-0.2, 0) is 9.47 Å². The molecular formula is C18H32N4O5. The molecule has 1 rings (SSSR count). The first-order valence-electron chi connectivity index (χ1n) is 9.41. The van der Waals surface area contributed by atoms with Crippen LogP contribution in [0.15, 0.2) is 16.5 Å². The molecular weight excluding hydrogens is 352 g/mol. The van der Waals surface area contributed by atoms with Gasteiger partial charge in [-0.25, -0.2) is 9.59 Å². The van der Waals surface area contributed by atoms with E-state index in [9.17, 15) is 9.59 Å². The predicted octanol–water partition coefficient (Wildman–Crippen LogP) is 1.20. The Bertz CT molecular complexity index is 517. The van der Waals surface area contributed by atoms with Crippen molar-refractivity contribution >= 4 is 11.9 Å². The van der Waals surface area contributed by atoms with Gasteiger partial charge >= 0.3 is 11.9 Å². The molecule has 0 aliphatic heterocycles. The van der Waals surface area contributed by atoms with E-state index in [0.717, 1.165) is 38.5 Å². The van der Waals surface area contributed by atoms with Gasteiger partial charge in [-0.3, -0.25) is 11.5 Å². The standard InChI is InChI=1S/C18H32N4O5/c19-11-5-1-3-7-15(21)26-17(23)13-9-10-14(25-13)18(24)27-16(22)8-4-2-6-12-20/h9-10,15-16H,1-8,11-12,19-22H2. The zero-order valence-electron chi connectivity index (χ0n) is 15.7. The summed E-state index contributed by atoms with van der Waals surface area (Å²) in [6, 6.07) is 2.68. The molecule has 9 heteroatoms. The summed E-state index contributed by atoms with van der Waals surface area (Å²) in [6.07, 6.45) is 4.85. The van der Waals surface area contributed by atoms with E-state index in [4.69, 9.17) is 36.8 Å². The van der Waals surface area contributed by atoms with Crippen molar-refractivity contribution < 1.29 is 23.5 Å². The summed E-state index contributed by atoms with van der Waals surface area (Å²) in [5.41, 5.74) is 22.4. The topological polar surface area (TPSA) is 170 Å². The summed E-state index contributed by atoms with van der Waals surface area (Å²) in [5.74, 6) is -1.69. The number of ether oxygens (including phenoxy) is 2. The van der Waals surface area contributed by atoms with Crippen molar-refractivity contribution in [1.29, 1.82) is 0 Å². The summed E-state index contributed by atoms with van der Waals surface area (Å²) >= 11 is 0. The average molecular weight is 384 g/mol. The zero-order valence-corrected chi connectivity index (χ0v) is 15.7. The minimum Gasteiger partial charge on any atom is -0.442 e. The molecule has 0 radical (unpaired) electrons. The molecule has 0 spiro atoms. The van der Waals surface area contributed by atoms with E-state index in [1.54, 1.807) is 0 Å². The number of hydrogen-bond acceptors (Lipinski definition) is 9. The maximum Gasteiger partial charge on any atom is 0.375 e. The second-order valence-corrected chi connectivity index (χ2v) is 6.33. The van der Waals surface area contributed by atoms with Crippen molar-refractivity contribution in [2.75, 3.05) is 13.1 Å². The van der Waals surface area contributed by atoms with Gasteiger partial charge in [0.1, 0.15) is 0 Å². The van der Waals surface area contributed by atoms with Gasteiger partial charge in [0.15, 0.2) is 12.5 Å². The van der Waals surface area contributed by atoms with E-state index in [0.29, 0.717) is 25.9 Å². The van der Waals surface area contributed by atoms with Crippen LogP contribution in [0.3, 0.4) is 0 Å². The van der Waals surface area contributed by atoms with Gasteiger partial charge in [0, 0.05) is 0 Å². The third kappa shape index (κ3) is 9.53. The number of furan rings is 1. The van der Waals surface area contributed by atoms with Crippen molar-refractivity contribution in [3.63, 3.8) is 0 Å². The molecule has 2 atom stereocenters. The summed E-state index contributed by atoms with van der Waals surface area (Å²) in [7, 11) is 0. The van der Waals surface area contributed by atoms with Crippen molar-refractivity contribution in [3.05, 3.63) is 23.7 Å². The third-order valence-corrected chi connectivity index (χ3v) is 3.91. The van der Waals surface area contributed by atoms with Crippen molar-refractivity contribution in [3.8, 4) is 0 Å². The molecule has 1 aromatic heterocycles. The van der Waals surface area contributed by atoms with Gasteiger partial charge in [-0.15, -0.1) is 0 Å². The number of unbranched alkanes of at least 4 members (excludes halogenated alkanes) is 4. The first-order valence-corrected chi connectivity index (χ1v) is 9.41. The number of rotatable bonds is 14. The molecule has 0 bridgehead atoms. The van der Waals surface area contributed by atoms with Gasteiger partial charge in [0.25, 0.3) is 0 Å². The summed E-state index contributed by atoms with van der Waals surface area (Å²) in [6.45, 7) is 1.25. The fraction of sp³-hybridized carbons (Fsp3) is 0.667. The number of carbonyl (C=O) groups excluding carboxylic acids is 2. The third-order valence-electron chi connectivity index (χ3n) is 3.91. The number of hydrogen-bond donors (Lipinski definition) is 4. The molecule has 0 aliphatic rings. The fourth-order valence-electron chi connectivity index (χ4n) is 2.40. The molecule has 2 unspecified atom stereocenters. The molecule has 0 aromatic carbocycles. The number of carbonyl (C=O) groups is 2. The molecule has 1 heterocycles. The van der Waals surface area contributed by atoms with E-state index in [2.05, 4.69) is 0 Å². The molecule has 8 N–H and O–H groups in total. The zero-order chi connectivity index (χ0) is 20.1. The van der Waals surface area contributed by atoms with E-state index in [-0.39, 0.29) is 11.5 Å². The lowest BCUT2D eigenvalue weighted by atomic mass is 10.2. The second kappa shape index (κ2) is 13.3. The highest BCUT2D eigenvalue weighted by molar-refractivity contribution is 5.90. The predicted molar refractivity (Wildman–Crippen MR) is 101 cm³/mol. The minimum absolute atomic E-state index is 0.115. The number of esters is 2. The number of nitrogens with two attached hydrogens (primary N) is 4. The molecule has 27 heavy (non-hydrogen) atoms. The Morgan fingerprint density at radius 2 is 1.19 bits per heavy atom. The molecule has 0 saturated carbocycles. The van der Waals surface area contributed by atoms with Gasteiger partial charge in [-0.2, -0.15) is 0 Å². The van der Waals surface area contributed by atoms with Gasteiger partial charge in [0.2, 0.25) is 11.5 Å². The van der Waals surface area contributed by atoms with Crippen LogP contribution in [0, 0.1) is 0 Å². The highest BCUT2D eigenvalue weighted by atomic mass is 16.6. The smallest absolute Gasteiger partial charge is 0.375 e. The highest BCUT2D eigenvalue weighted by Crippen LogP contribution is 2.14. The van der Waals surface area contributed by atoms with E-state index in [1.165, 1.54) is 12.1 Å². The summed E-state index contributed by atoms with van der Waals surface area (Å²) in [4.78, 5) is 24.0. The van der Waals surface area contributed by atoms with Crippen molar-refractivity contribution in [1.82, 2.24) is 0 Å². The van der Waals surface area contributed by atoms with Crippen LogP contribution in [0.25, 0.3) is 0 Å². The molecule has 0 aliphatic carbocycles. The molecule has 0 saturated heterocycles. The normalized spacial score (nSPS) is 13.2. The van der Waals surface area contributed by atoms with Crippen molar-refractivity contribution in [2.24, 2.45) is 22.9 Å². The fourth-order valence-corrected chi connectivity index (χ4v) is 2.40. The minimum atomic E-state index is -0.738. The first-order chi connectivity index (χ1) is 13.0. The Balaban J connectivity index is 2.39. The Morgan fingerprint density at radius 1 is 0.778 bits per heavy atom. The molecule has 0 fully saturated rings. The SMILES string of the molecule is NCCCCCC(N)OC(=O)c1ccc(C(=O)OC(N)CCCCCN)o1. The van der Waals surface area contributed by atoms with Gasteiger partial charge in [-0.1, -0.05) is 12.8 Å². The van der Waals surface area contributed by atoms with Crippen LogP contribution >= 0.6 is 0 Å². The Hall–Kier alpha value is -1.94. The second-order valence-electron chi connectivity index (χ2n) is 6.33. The van der Waals surface area contributed by atoms with Gasteiger partial charge in [-0.05, 0) is 63.7 Å². The average Bonchev–Trinajstić information content (AvgIpc) is 3.13. The van der Waals surface area contributed by atoms with Crippen LogP contribution < -0.4 is 22.9 Å². The van der Waals surface area contributed by atoms with Crippen LogP contribution in [0.4, 0.5) is 0 Å². The van der Waals surface area contributed by atoms with Crippen molar-refractivity contribution in [2.45, 2.75) is 63.8 Å².